The van der Waals surface area contributed by atoms with Crippen molar-refractivity contribution in [2.24, 2.45) is 11.7 Å². The summed E-state index contributed by atoms with van der Waals surface area (Å²) in [6.07, 6.45) is 0.966. The zero-order valence-electron chi connectivity index (χ0n) is 10.8. The largest absolute Gasteiger partial charge is 0.370 e. The van der Waals surface area contributed by atoms with Gasteiger partial charge in [0.05, 0.1) is 0 Å². The first kappa shape index (κ1) is 13.7. The molecule has 17 heavy (non-hydrogen) atoms. The number of aromatic amines is 1. The summed E-state index contributed by atoms with van der Waals surface area (Å²) in [4.78, 5) is 18.5. The van der Waals surface area contributed by atoms with E-state index in [9.17, 15) is 4.79 Å². The first-order valence-electron chi connectivity index (χ1n) is 6.08. The SMILES string of the molecule is CC(CCN)CNc1cc(=O)[nH]c(C(C)C)n1. The Balaban J connectivity index is 2.68. The Hall–Kier alpha value is -1.36. The molecule has 1 aromatic rings. The van der Waals surface area contributed by atoms with E-state index in [2.05, 4.69) is 22.2 Å². The van der Waals surface area contributed by atoms with Crippen LogP contribution in [0.3, 0.4) is 0 Å². The van der Waals surface area contributed by atoms with Gasteiger partial charge in [-0.25, -0.2) is 4.98 Å². The molecule has 0 amide bonds. The summed E-state index contributed by atoms with van der Waals surface area (Å²) < 4.78 is 0. The van der Waals surface area contributed by atoms with Crippen LogP contribution < -0.4 is 16.6 Å². The van der Waals surface area contributed by atoms with Crippen molar-refractivity contribution in [1.29, 1.82) is 0 Å². The molecule has 0 aromatic carbocycles. The third kappa shape index (κ3) is 4.56. The molecule has 0 aliphatic rings. The Morgan fingerprint density at radius 1 is 1.47 bits per heavy atom. The van der Waals surface area contributed by atoms with Crippen molar-refractivity contribution >= 4 is 5.82 Å². The van der Waals surface area contributed by atoms with Crippen LogP contribution in [0.4, 0.5) is 5.82 Å². The van der Waals surface area contributed by atoms with Crippen LogP contribution in [0.2, 0.25) is 0 Å². The van der Waals surface area contributed by atoms with E-state index in [0.29, 0.717) is 24.1 Å². The average Bonchev–Trinajstić information content (AvgIpc) is 2.26. The van der Waals surface area contributed by atoms with Gasteiger partial charge >= 0.3 is 0 Å². The molecular formula is C12H22N4O. The van der Waals surface area contributed by atoms with Crippen molar-refractivity contribution in [1.82, 2.24) is 9.97 Å². The summed E-state index contributed by atoms with van der Waals surface area (Å²) in [5.41, 5.74) is 5.37. The quantitative estimate of drug-likeness (QED) is 0.697. The number of anilines is 1. The summed E-state index contributed by atoms with van der Waals surface area (Å²) in [5.74, 6) is 2.04. The maximum Gasteiger partial charge on any atom is 0.252 e. The number of hydrogen-bond donors (Lipinski definition) is 3. The normalized spacial score (nSPS) is 12.8. The van der Waals surface area contributed by atoms with E-state index in [1.807, 2.05) is 13.8 Å². The summed E-state index contributed by atoms with van der Waals surface area (Å²) >= 11 is 0. The molecule has 0 fully saturated rings. The molecule has 5 heteroatoms. The van der Waals surface area contributed by atoms with Gasteiger partial charge in [-0.05, 0) is 18.9 Å². The summed E-state index contributed by atoms with van der Waals surface area (Å²) in [5, 5.41) is 3.18. The third-order valence-electron chi connectivity index (χ3n) is 2.60. The molecule has 1 aromatic heterocycles. The molecule has 0 saturated carbocycles. The van der Waals surface area contributed by atoms with Gasteiger partial charge in [0.2, 0.25) is 0 Å². The highest BCUT2D eigenvalue weighted by Crippen LogP contribution is 2.10. The molecule has 5 nitrogen and oxygen atoms in total. The van der Waals surface area contributed by atoms with Gasteiger partial charge in [-0.15, -0.1) is 0 Å². The highest BCUT2D eigenvalue weighted by Gasteiger charge is 2.06. The van der Waals surface area contributed by atoms with Gasteiger partial charge in [0, 0.05) is 18.5 Å². The Bertz CT molecular complexity index is 400. The summed E-state index contributed by atoms with van der Waals surface area (Å²) in [6, 6.07) is 1.49. The van der Waals surface area contributed by atoms with Gasteiger partial charge in [0.25, 0.3) is 5.56 Å². The lowest BCUT2D eigenvalue weighted by Crippen LogP contribution is -2.19. The highest BCUT2D eigenvalue weighted by molar-refractivity contribution is 5.33. The topological polar surface area (TPSA) is 83.8 Å². The minimum atomic E-state index is -0.113. The second-order valence-corrected chi connectivity index (χ2v) is 4.73. The second-order valence-electron chi connectivity index (χ2n) is 4.73. The van der Waals surface area contributed by atoms with Crippen molar-refractivity contribution in [3.63, 3.8) is 0 Å². The molecule has 0 bridgehead atoms. The van der Waals surface area contributed by atoms with E-state index in [-0.39, 0.29) is 11.5 Å². The van der Waals surface area contributed by atoms with E-state index in [1.165, 1.54) is 6.07 Å². The van der Waals surface area contributed by atoms with Crippen LogP contribution in [-0.2, 0) is 0 Å². The van der Waals surface area contributed by atoms with E-state index in [1.54, 1.807) is 0 Å². The fourth-order valence-electron chi connectivity index (χ4n) is 1.51. The molecule has 0 aliphatic carbocycles. The number of aromatic nitrogens is 2. The van der Waals surface area contributed by atoms with Gasteiger partial charge in [0.1, 0.15) is 11.6 Å². The number of nitrogens with two attached hydrogens (primary N) is 1. The lowest BCUT2D eigenvalue weighted by Gasteiger charge is -2.13. The van der Waals surface area contributed by atoms with Gasteiger partial charge in [-0.1, -0.05) is 20.8 Å². The lowest BCUT2D eigenvalue weighted by molar-refractivity contribution is 0.567. The molecule has 0 radical (unpaired) electrons. The molecule has 96 valence electrons. The van der Waals surface area contributed by atoms with E-state index in [0.717, 1.165) is 13.0 Å². The molecule has 0 aliphatic heterocycles. The van der Waals surface area contributed by atoms with Gasteiger partial charge in [-0.3, -0.25) is 4.79 Å². The first-order chi connectivity index (χ1) is 8.02. The van der Waals surface area contributed by atoms with E-state index < -0.39 is 0 Å². The van der Waals surface area contributed by atoms with Crippen LogP contribution in [0, 0.1) is 5.92 Å². The Morgan fingerprint density at radius 3 is 2.76 bits per heavy atom. The Morgan fingerprint density at radius 2 is 2.18 bits per heavy atom. The van der Waals surface area contributed by atoms with Gasteiger partial charge in [-0.2, -0.15) is 0 Å². The molecule has 0 saturated heterocycles. The monoisotopic (exact) mass is 238 g/mol. The fourth-order valence-corrected chi connectivity index (χ4v) is 1.51. The van der Waals surface area contributed by atoms with Crippen molar-refractivity contribution < 1.29 is 0 Å². The minimum Gasteiger partial charge on any atom is -0.370 e. The first-order valence-corrected chi connectivity index (χ1v) is 6.08. The number of nitrogens with one attached hydrogen (secondary N) is 2. The predicted octanol–water partition coefficient (Wildman–Crippen LogP) is 1.29. The molecule has 0 spiro atoms. The van der Waals surface area contributed by atoms with Crippen LogP contribution in [0.5, 0.6) is 0 Å². The lowest BCUT2D eigenvalue weighted by atomic mass is 10.1. The number of hydrogen-bond acceptors (Lipinski definition) is 4. The van der Waals surface area contributed by atoms with Crippen molar-refractivity contribution in [3.8, 4) is 0 Å². The smallest absolute Gasteiger partial charge is 0.252 e. The van der Waals surface area contributed by atoms with Crippen LogP contribution in [-0.4, -0.2) is 23.1 Å². The van der Waals surface area contributed by atoms with Crippen LogP contribution in [0.1, 0.15) is 38.9 Å². The highest BCUT2D eigenvalue weighted by atomic mass is 16.1. The average molecular weight is 238 g/mol. The van der Waals surface area contributed by atoms with Crippen molar-refractivity contribution in [3.05, 3.63) is 22.2 Å². The summed E-state index contributed by atoms with van der Waals surface area (Å²) in [7, 11) is 0. The van der Waals surface area contributed by atoms with Gasteiger partial charge < -0.3 is 16.0 Å². The predicted molar refractivity (Wildman–Crippen MR) is 70.3 cm³/mol. The molecular weight excluding hydrogens is 216 g/mol. The maximum absolute atomic E-state index is 11.4. The van der Waals surface area contributed by atoms with E-state index in [4.69, 9.17) is 5.73 Å². The van der Waals surface area contributed by atoms with Crippen LogP contribution >= 0.6 is 0 Å². The molecule has 1 unspecified atom stereocenters. The number of H-pyrrole nitrogens is 1. The molecule has 1 heterocycles. The Kier molecular flexibility index (Phi) is 5.15. The zero-order valence-corrected chi connectivity index (χ0v) is 10.8. The van der Waals surface area contributed by atoms with E-state index >= 15 is 0 Å². The van der Waals surface area contributed by atoms with Crippen LogP contribution in [0.15, 0.2) is 10.9 Å². The molecule has 1 rings (SSSR count). The molecule has 4 N–H and O–H groups in total. The minimum absolute atomic E-state index is 0.113. The maximum atomic E-state index is 11.4. The van der Waals surface area contributed by atoms with Gasteiger partial charge in [0.15, 0.2) is 0 Å². The van der Waals surface area contributed by atoms with Crippen LogP contribution in [0.25, 0.3) is 0 Å². The fraction of sp³-hybridized carbons (Fsp3) is 0.667. The van der Waals surface area contributed by atoms with Crippen molar-refractivity contribution in [2.75, 3.05) is 18.4 Å². The summed E-state index contributed by atoms with van der Waals surface area (Å²) in [6.45, 7) is 7.59. The second kappa shape index (κ2) is 6.39. The standard InChI is InChI=1S/C12H22N4O/c1-8(2)12-15-10(6-11(17)16-12)14-7-9(3)4-5-13/h6,8-9H,4-5,7,13H2,1-3H3,(H2,14,15,16,17). The Labute approximate surface area is 102 Å². The number of nitrogens with zero attached hydrogens (tertiary/aromatic N) is 1. The molecule has 1 atom stereocenters. The zero-order chi connectivity index (χ0) is 12.8. The number of rotatable bonds is 6. The van der Waals surface area contributed by atoms with Crippen molar-refractivity contribution in [2.45, 2.75) is 33.1 Å². The third-order valence-corrected chi connectivity index (χ3v) is 2.60.